The molecule has 2 aromatic carbocycles. The molecule has 0 aromatic heterocycles. The molecule has 3 heterocycles. The minimum Gasteiger partial charge on any atom is -0.378 e. The average molecular weight is 566 g/mol. The number of allylic oxidation sites excluding steroid dienone is 1. The van der Waals surface area contributed by atoms with Crippen LogP contribution >= 0.6 is 0 Å². The van der Waals surface area contributed by atoms with Gasteiger partial charge in [0, 0.05) is 55.5 Å². The number of ketones is 1. The van der Waals surface area contributed by atoms with E-state index in [1.165, 1.54) is 36.2 Å². The topological polar surface area (TPSA) is 106 Å². The summed E-state index contributed by atoms with van der Waals surface area (Å²) in [4.78, 5) is 45.2. The van der Waals surface area contributed by atoms with Crippen LogP contribution < -0.4 is 10.2 Å². The molecule has 3 atom stereocenters. The van der Waals surface area contributed by atoms with E-state index in [0.29, 0.717) is 37.6 Å². The van der Waals surface area contributed by atoms with Crippen LogP contribution in [0.3, 0.4) is 0 Å². The Bertz CT molecular complexity index is 1520. The van der Waals surface area contributed by atoms with Gasteiger partial charge >= 0.3 is 12.2 Å². The van der Waals surface area contributed by atoms with E-state index in [1.807, 2.05) is 0 Å². The van der Waals surface area contributed by atoms with Gasteiger partial charge in [-0.1, -0.05) is 12.1 Å². The summed E-state index contributed by atoms with van der Waals surface area (Å²) < 4.78 is 46.0. The molecule has 212 valence electrons. The molecule has 2 saturated heterocycles. The maximum Gasteiger partial charge on any atom is 0.416 e. The van der Waals surface area contributed by atoms with Crippen molar-refractivity contribution in [3.05, 3.63) is 76.0 Å². The number of hydrogen-bond acceptors (Lipinski definition) is 6. The molecular formula is C29H26F3N5O4. The van der Waals surface area contributed by atoms with Crippen LogP contribution in [0.2, 0.25) is 0 Å². The highest BCUT2D eigenvalue weighted by Gasteiger charge is 2.46. The minimum absolute atomic E-state index is 0.00280. The second kappa shape index (κ2) is 10.0. The third-order valence-corrected chi connectivity index (χ3v) is 8.04. The SMILES string of the molecule is CN1C(=O)N(c2cccc(C(F)(F)F)c2)C2=C(C(=O)CC2)C1c1ccc(C#N)cc1C(=O)N1CC2COCC(C1)N2. The fourth-order valence-corrected chi connectivity index (χ4v) is 6.22. The summed E-state index contributed by atoms with van der Waals surface area (Å²) in [7, 11) is 1.46. The Morgan fingerprint density at radius 3 is 2.49 bits per heavy atom. The highest BCUT2D eigenvalue weighted by atomic mass is 19.4. The van der Waals surface area contributed by atoms with Crippen molar-refractivity contribution < 1.29 is 32.3 Å². The van der Waals surface area contributed by atoms with Crippen molar-refractivity contribution in [2.24, 2.45) is 0 Å². The number of morpholine rings is 1. The second-order valence-corrected chi connectivity index (χ2v) is 10.7. The van der Waals surface area contributed by atoms with Crippen LogP contribution in [0, 0.1) is 11.3 Å². The first kappa shape index (κ1) is 27.0. The Morgan fingerprint density at radius 2 is 1.80 bits per heavy atom. The number of Topliss-reactive ketones (excluding diaryl/α,β-unsaturated/α-hetero) is 1. The number of amides is 3. The minimum atomic E-state index is -4.61. The van der Waals surface area contributed by atoms with Crippen LogP contribution in [0.1, 0.15) is 45.9 Å². The van der Waals surface area contributed by atoms with Crippen molar-refractivity contribution in [3.63, 3.8) is 0 Å². The predicted molar refractivity (Wildman–Crippen MR) is 140 cm³/mol. The number of nitrogens with zero attached hydrogens (tertiary/aromatic N) is 4. The third-order valence-electron chi connectivity index (χ3n) is 8.04. The van der Waals surface area contributed by atoms with Crippen molar-refractivity contribution in [2.45, 2.75) is 37.1 Å². The van der Waals surface area contributed by atoms with Crippen LogP contribution in [0.5, 0.6) is 0 Å². The number of ether oxygens (including phenoxy) is 1. The van der Waals surface area contributed by atoms with Crippen molar-refractivity contribution >= 4 is 23.4 Å². The number of urea groups is 1. The monoisotopic (exact) mass is 565 g/mol. The summed E-state index contributed by atoms with van der Waals surface area (Å²) in [5.41, 5.74) is 0.504. The number of piperazine rings is 1. The lowest BCUT2D eigenvalue weighted by atomic mass is 9.88. The van der Waals surface area contributed by atoms with Crippen LogP contribution in [-0.4, -0.2) is 73.0 Å². The number of carbonyl (C=O) groups is 3. The van der Waals surface area contributed by atoms with Gasteiger partial charge in [0.2, 0.25) is 0 Å². The number of rotatable bonds is 3. The Labute approximate surface area is 233 Å². The molecule has 1 N–H and O–H groups in total. The second-order valence-electron chi connectivity index (χ2n) is 10.7. The fourth-order valence-electron chi connectivity index (χ4n) is 6.22. The van der Waals surface area contributed by atoms with Gasteiger partial charge in [0.05, 0.1) is 42.1 Å². The van der Waals surface area contributed by atoms with Gasteiger partial charge in [0.25, 0.3) is 5.91 Å². The Kier molecular flexibility index (Phi) is 6.59. The summed E-state index contributed by atoms with van der Waals surface area (Å²) >= 11 is 0. The molecule has 2 bridgehead atoms. The molecule has 12 heteroatoms. The molecule has 0 radical (unpaired) electrons. The number of nitriles is 1. The van der Waals surface area contributed by atoms with Gasteiger partial charge in [0.15, 0.2) is 5.78 Å². The number of halogens is 3. The zero-order valence-corrected chi connectivity index (χ0v) is 22.1. The number of benzene rings is 2. The molecule has 1 aliphatic carbocycles. The predicted octanol–water partition coefficient (Wildman–Crippen LogP) is 3.62. The summed E-state index contributed by atoms with van der Waals surface area (Å²) in [5.74, 6) is -0.581. The average Bonchev–Trinajstić information content (AvgIpc) is 3.33. The summed E-state index contributed by atoms with van der Waals surface area (Å²) in [5, 5.41) is 13.0. The zero-order valence-electron chi connectivity index (χ0n) is 22.1. The van der Waals surface area contributed by atoms with Gasteiger partial charge < -0.3 is 19.9 Å². The van der Waals surface area contributed by atoms with Crippen LogP contribution in [0.25, 0.3) is 0 Å². The molecule has 2 fully saturated rings. The molecule has 4 aliphatic rings. The number of nitrogens with one attached hydrogen (secondary N) is 1. The smallest absolute Gasteiger partial charge is 0.378 e. The van der Waals surface area contributed by atoms with E-state index in [9.17, 15) is 32.8 Å². The number of anilines is 1. The van der Waals surface area contributed by atoms with E-state index >= 15 is 0 Å². The number of carbonyl (C=O) groups excluding carboxylic acids is 3. The molecule has 2 aromatic rings. The lowest BCUT2D eigenvalue weighted by Gasteiger charge is -2.43. The van der Waals surface area contributed by atoms with Gasteiger partial charge in [-0.2, -0.15) is 18.4 Å². The first-order chi connectivity index (χ1) is 19.6. The van der Waals surface area contributed by atoms with Crippen LogP contribution in [-0.2, 0) is 15.7 Å². The largest absolute Gasteiger partial charge is 0.416 e. The van der Waals surface area contributed by atoms with Crippen LogP contribution in [0.15, 0.2) is 53.7 Å². The Balaban J connectivity index is 1.45. The normalized spacial score (nSPS) is 24.5. The van der Waals surface area contributed by atoms with Gasteiger partial charge in [-0.25, -0.2) is 4.79 Å². The summed E-state index contributed by atoms with van der Waals surface area (Å²) in [6.07, 6.45) is -4.36. The number of likely N-dealkylation sites (N-methyl/N-ethyl adjacent to an activating group) is 1. The molecule has 6 rings (SSSR count). The van der Waals surface area contributed by atoms with E-state index in [0.717, 1.165) is 17.0 Å². The zero-order chi connectivity index (χ0) is 29.1. The maximum atomic E-state index is 14.0. The lowest BCUT2D eigenvalue weighted by molar-refractivity contribution is -0.137. The van der Waals surface area contributed by atoms with Gasteiger partial charge in [-0.15, -0.1) is 0 Å². The Hall–Kier alpha value is -4.21. The first-order valence-electron chi connectivity index (χ1n) is 13.2. The van der Waals surface area contributed by atoms with E-state index < -0.39 is 23.8 Å². The third kappa shape index (κ3) is 4.65. The molecule has 0 saturated carbocycles. The fraction of sp³-hybridized carbons (Fsp3) is 0.379. The van der Waals surface area contributed by atoms with E-state index in [2.05, 4.69) is 11.4 Å². The van der Waals surface area contributed by atoms with Crippen LogP contribution in [0.4, 0.5) is 23.7 Å². The highest BCUT2D eigenvalue weighted by Crippen LogP contribution is 2.46. The number of fused-ring (bicyclic) bond motifs is 2. The standard InChI is InChI=1S/C29H26F3N5O4/c1-35-26(21-6-5-16(11-33)9-22(21)27(39)36-12-18-14-41-15-19(13-36)34-18)25-23(7-8-24(25)38)37(28(35)40)20-4-2-3-17(10-20)29(30,31)32/h2-6,9-10,18-19,26,34H,7-8,12-15H2,1H3. The summed E-state index contributed by atoms with van der Waals surface area (Å²) in [6.45, 7) is 1.70. The molecule has 41 heavy (non-hydrogen) atoms. The molecule has 3 amide bonds. The molecule has 3 aliphatic heterocycles. The number of hydrogen-bond donors (Lipinski definition) is 1. The summed E-state index contributed by atoms with van der Waals surface area (Å²) in [6, 6.07) is 9.42. The lowest BCUT2D eigenvalue weighted by Crippen LogP contribution is -2.63. The van der Waals surface area contributed by atoms with Gasteiger partial charge in [0.1, 0.15) is 0 Å². The van der Waals surface area contributed by atoms with E-state index in [1.54, 1.807) is 11.0 Å². The first-order valence-corrected chi connectivity index (χ1v) is 13.2. The molecule has 3 unspecified atom stereocenters. The van der Waals surface area contributed by atoms with E-state index in [4.69, 9.17) is 4.74 Å². The number of alkyl halides is 3. The van der Waals surface area contributed by atoms with Gasteiger partial charge in [-0.3, -0.25) is 14.5 Å². The van der Waals surface area contributed by atoms with Crippen molar-refractivity contribution in [1.29, 1.82) is 5.26 Å². The van der Waals surface area contributed by atoms with Crippen molar-refractivity contribution in [3.8, 4) is 6.07 Å². The molecule has 0 spiro atoms. The van der Waals surface area contributed by atoms with Crippen molar-refractivity contribution in [2.75, 3.05) is 38.3 Å². The van der Waals surface area contributed by atoms with Crippen molar-refractivity contribution in [1.82, 2.24) is 15.1 Å². The Morgan fingerprint density at radius 1 is 1.07 bits per heavy atom. The maximum absolute atomic E-state index is 14.0. The molecule has 9 nitrogen and oxygen atoms in total. The highest BCUT2D eigenvalue weighted by molar-refractivity contribution is 6.09. The molecular weight excluding hydrogens is 539 g/mol. The van der Waals surface area contributed by atoms with E-state index in [-0.39, 0.29) is 59.0 Å². The van der Waals surface area contributed by atoms with Gasteiger partial charge in [-0.05, 0) is 42.3 Å². The quantitative estimate of drug-likeness (QED) is 0.610.